The second-order valence-corrected chi connectivity index (χ2v) is 8.90. The Morgan fingerprint density at radius 2 is 1.71 bits per heavy atom. The summed E-state index contributed by atoms with van der Waals surface area (Å²) in [5.74, 6) is 2.00. The lowest BCUT2D eigenvalue weighted by Gasteiger charge is -2.28. The SMILES string of the molecule is Clc1ccc(-c2nnc(CN3CCCN(CC4CCCCC4)CC3)o2)c(Cl)c1. The molecule has 0 unspecified atom stereocenters. The molecule has 0 atom stereocenters. The van der Waals surface area contributed by atoms with Crippen molar-refractivity contribution >= 4 is 23.2 Å². The first-order chi connectivity index (χ1) is 13.7. The molecule has 1 aliphatic carbocycles. The fraction of sp³-hybridized carbons (Fsp3) is 0.619. The van der Waals surface area contributed by atoms with E-state index in [9.17, 15) is 0 Å². The van der Waals surface area contributed by atoms with Gasteiger partial charge in [0.1, 0.15) is 0 Å². The normalized spacial score (nSPS) is 20.4. The predicted molar refractivity (Wildman–Crippen MR) is 113 cm³/mol. The molecule has 152 valence electrons. The van der Waals surface area contributed by atoms with Crippen LogP contribution in [0.15, 0.2) is 22.6 Å². The van der Waals surface area contributed by atoms with Gasteiger partial charge in [-0.15, -0.1) is 10.2 Å². The molecule has 28 heavy (non-hydrogen) atoms. The van der Waals surface area contributed by atoms with Gasteiger partial charge in [-0.1, -0.05) is 42.5 Å². The zero-order valence-corrected chi connectivity index (χ0v) is 17.8. The highest BCUT2D eigenvalue weighted by molar-refractivity contribution is 6.36. The van der Waals surface area contributed by atoms with Crippen LogP contribution in [0.2, 0.25) is 10.0 Å². The fourth-order valence-electron chi connectivity index (χ4n) is 4.38. The van der Waals surface area contributed by atoms with E-state index in [2.05, 4.69) is 20.0 Å². The first-order valence-electron chi connectivity index (χ1n) is 10.4. The molecular weight excluding hydrogens is 395 g/mol. The Morgan fingerprint density at radius 3 is 2.54 bits per heavy atom. The number of halogens is 2. The van der Waals surface area contributed by atoms with Gasteiger partial charge in [-0.25, -0.2) is 0 Å². The monoisotopic (exact) mass is 422 g/mol. The van der Waals surface area contributed by atoms with Gasteiger partial charge in [0.15, 0.2) is 0 Å². The lowest BCUT2D eigenvalue weighted by molar-refractivity contribution is 0.196. The maximum atomic E-state index is 6.25. The molecule has 2 aliphatic rings. The minimum absolute atomic E-state index is 0.449. The summed E-state index contributed by atoms with van der Waals surface area (Å²) < 4.78 is 5.88. The summed E-state index contributed by atoms with van der Waals surface area (Å²) in [4.78, 5) is 5.07. The van der Waals surface area contributed by atoms with Crippen LogP contribution in [0.5, 0.6) is 0 Å². The lowest BCUT2D eigenvalue weighted by atomic mass is 9.89. The van der Waals surface area contributed by atoms with Gasteiger partial charge < -0.3 is 9.32 Å². The summed E-state index contributed by atoms with van der Waals surface area (Å²) in [5, 5.41) is 9.52. The first kappa shape index (κ1) is 20.1. The van der Waals surface area contributed by atoms with Gasteiger partial charge in [0, 0.05) is 24.7 Å². The second kappa shape index (κ2) is 9.57. The molecule has 0 N–H and O–H groups in total. The molecule has 1 aromatic heterocycles. The maximum absolute atomic E-state index is 6.25. The van der Waals surface area contributed by atoms with Crippen molar-refractivity contribution in [3.8, 4) is 11.5 Å². The van der Waals surface area contributed by atoms with Crippen molar-refractivity contribution in [3.05, 3.63) is 34.1 Å². The van der Waals surface area contributed by atoms with Crippen LogP contribution in [0.25, 0.3) is 11.5 Å². The van der Waals surface area contributed by atoms with E-state index in [4.69, 9.17) is 27.6 Å². The predicted octanol–water partition coefficient (Wildman–Crippen LogP) is 5.13. The van der Waals surface area contributed by atoms with Crippen molar-refractivity contribution in [2.75, 3.05) is 32.7 Å². The quantitative estimate of drug-likeness (QED) is 0.667. The van der Waals surface area contributed by atoms with Crippen molar-refractivity contribution in [3.63, 3.8) is 0 Å². The Morgan fingerprint density at radius 1 is 0.929 bits per heavy atom. The third-order valence-electron chi connectivity index (χ3n) is 5.91. The Bertz CT molecular complexity index is 776. The summed E-state index contributed by atoms with van der Waals surface area (Å²) in [5.41, 5.74) is 0.722. The van der Waals surface area contributed by atoms with E-state index in [0.717, 1.165) is 31.1 Å². The number of hydrogen-bond acceptors (Lipinski definition) is 5. The molecule has 1 saturated carbocycles. The van der Waals surface area contributed by atoms with Gasteiger partial charge in [-0.05, 0) is 56.5 Å². The summed E-state index contributed by atoms with van der Waals surface area (Å²) in [7, 11) is 0. The van der Waals surface area contributed by atoms with Crippen LogP contribution < -0.4 is 0 Å². The smallest absolute Gasteiger partial charge is 0.249 e. The van der Waals surface area contributed by atoms with Crippen LogP contribution in [0.4, 0.5) is 0 Å². The van der Waals surface area contributed by atoms with Gasteiger partial charge in [0.25, 0.3) is 0 Å². The third kappa shape index (κ3) is 5.26. The Hall–Kier alpha value is -1.14. The van der Waals surface area contributed by atoms with E-state index < -0.39 is 0 Å². The van der Waals surface area contributed by atoms with Crippen LogP contribution in [0.1, 0.15) is 44.4 Å². The topological polar surface area (TPSA) is 45.4 Å². The molecule has 5 nitrogen and oxygen atoms in total. The molecule has 2 aromatic rings. The molecular formula is C21H28Cl2N4O. The Balaban J connectivity index is 1.31. The minimum atomic E-state index is 0.449. The van der Waals surface area contributed by atoms with Crippen LogP contribution in [-0.2, 0) is 6.54 Å². The number of nitrogens with zero attached hydrogens (tertiary/aromatic N) is 4. The van der Waals surface area contributed by atoms with Gasteiger partial charge in [0.05, 0.1) is 17.1 Å². The molecule has 1 aromatic carbocycles. The molecule has 0 amide bonds. The fourth-order valence-corrected chi connectivity index (χ4v) is 4.87. The Labute approximate surface area is 177 Å². The maximum Gasteiger partial charge on any atom is 0.249 e. The standard InChI is InChI=1S/C21H28Cl2N4O/c22-17-7-8-18(19(23)13-17)21-25-24-20(28-21)15-27-10-4-9-26(11-12-27)14-16-5-2-1-3-6-16/h7-8,13,16H,1-6,9-12,14-15H2. The zero-order valence-electron chi connectivity index (χ0n) is 16.2. The van der Waals surface area contributed by atoms with E-state index in [-0.39, 0.29) is 0 Å². The number of rotatable bonds is 5. The Kier molecular flexibility index (Phi) is 6.89. The van der Waals surface area contributed by atoms with E-state index in [1.165, 1.54) is 51.6 Å². The van der Waals surface area contributed by atoms with Gasteiger partial charge in [-0.2, -0.15) is 0 Å². The van der Waals surface area contributed by atoms with Crippen LogP contribution in [-0.4, -0.2) is 52.7 Å². The highest BCUT2D eigenvalue weighted by Gasteiger charge is 2.21. The molecule has 0 radical (unpaired) electrons. The largest absolute Gasteiger partial charge is 0.419 e. The number of benzene rings is 1. The molecule has 2 fully saturated rings. The van der Waals surface area contributed by atoms with Crippen molar-refractivity contribution in [1.29, 1.82) is 0 Å². The highest BCUT2D eigenvalue weighted by atomic mass is 35.5. The van der Waals surface area contributed by atoms with E-state index in [1.807, 2.05) is 6.07 Å². The minimum Gasteiger partial charge on any atom is -0.419 e. The third-order valence-corrected chi connectivity index (χ3v) is 6.46. The van der Waals surface area contributed by atoms with E-state index in [0.29, 0.717) is 28.4 Å². The van der Waals surface area contributed by atoms with Crippen molar-refractivity contribution in [2.24, 2.45) is 5.92 Å². The van der Waals surface area contributed by atoms with E-state index in [1.54, 1.807) is 12.1 Å². The van der Waals surface area contributed by atoms with Crippen LogP contribution in [0, 0.1) is 5.92 Å². The van der Waals surface area contributed by atoms with E-state index >= 15 is 0 Å². The van der Waals surface area contributed by atoms with Gasteiger partial charge in [0.2, 0.25) is 11.8 Å². The highest BCUT2D eigenvalue weighted by Crippen LogP contribution is 2.29. The van der Waals surface area contributed by atoms with Crippen LogP contribution >= 0.6 is 23.2 Å². The van der Waals surface area contributed by atoms with Crippen LogP contribution in [0.3, 0.4) is 0 Å². The molecule has 1 aliphatic heterocycles. The number of aromatic nitrogens is 2. The average Bonchev–Trinajstić information content (AvgIpc) is 3.03. The molecule has 0 bridgehead atoms. The van der Waals surface area contributed by atoms with Gasteiger partial charge >= 0.3 is 0 Å². The number of hydrogen-bond donors (Lipinski definition) is 0. The summed E-state index contributed by atoms with van der Waals surface area (Å²) in [6, 6.07) is 5.29. The molecule has 7 heteroatoms. The molecule has 4 rings (SSSR count). The molecule has 0 spiro atoms. The summed E-state index contributed by atoms with van der Waals surface area (Å²) in [6.45, 7) is 6.40. The molecule has 2 heterocycles. The zero-order chi connectivity index (χ0) is 19.3. The average molecular weight is 423 g/mol. The molecule has 1 saturated heterocycles. The van der Waals surface area contributed by atoms with Crippen molar-refractivity contribution in [2.45, 2.75) is 45.1 Å². The summed E-state index contributed by atoms with van der Waals surface area (Å²) in [6.07, 6.45) is 8.29. The second-order valence-electron chi connectivity index (χ2n) is 8.06. The summed E-state index contributed by atoms with van der Waals surface area (Å²) >= 11 is 12.2. The lowest BCUT2D eigenvalue weighted by Crippen LogP contribution is -2.34. The first-order valence-corrected chi connectivity index (χ1v) is 11.2. The van der Waals surface area contributed by atoms with Gasteiger partial charge in [-0.3, -0.25) is 4.90 Å². The van der Waals surface area contributed by atoms with Crippen molar-refractivity contribution < 1.29 is 4.42 Å². The van der Waals surface area contributed by atoms with Crippen molar-refractivity contribution in [1.82, 2.24) is 20.0 Å².